The van der Waals surface area contributed by atoms with Gasteiger partial charge in [0.05, 0.1) is 0 Å². The van der Waals surface area contributed by atoms with Crippen molar-refractivity contribution in [2.45, 2.75) is 6.23 Å². The molecule has 1 unspecified atom stereocenters. The van der Waals surface area contributed by atoms with Crippen LogP contribution in [-0.2, 0) is 0 Å². The van der Waals surface area contributed by atoms with Crippen molar-refractivity contribution >= 4 is 11.8 Å². The summed E-state index contributed by atoms with van der Waals surface area (Å²) >= 11 is 1.29. The Kier molecular flexibility index (Phi) is 2.13. The minimum atomic E-state index is -0.811. The maximum Gasteiger partial charge on any atom is 0.192 e. The van der Waals surface area contributed by atoms with Gasteiger partial charge in [-0.2, -0.15) is 0 Å². The Balaban J connectivity index is 2.28. The summed E-state index contributed by atoms with van der Waals surface area (Å²) in [5, 5.41) is 20.2. The number of rotatable bonds is 0. The second-order valence-electron chi connectivity index (χ2n) is 1.54. The van der Waals surface area contributed by atoms with E-state index in [0.29, 0.717) is 0 Å². The van der Waals surface area contributed by atoms with E-state index in [1.165, 1.54) is 11.8 Å². The third-order valence-corrected chi connectivity index (χ3v) is 1.85. The molecule has 1 aliphatic heterocycles. The van der Waals surface area contributed by atoms with Crippen LogP contribution in [0.3, 0.4) is 0 Å². The lowest BCUT2D eigenvalue weighted by atomic mass is 10.5. The van der Waals surface area contributed by atoms with Gasteiger partial charge in [0.1, 0.15) is 6.23 Å². The maximum atomic E-state index is 8.76. The van der Waals surface area contributed by atoms with Gasteiger partial charge in [-0.15, -0.1) is 11.8 Å². The van der Waals surface area contributed by atoms with E-state index in [4.69, 9.17) is 10.2 Å². The fraction of sp³-hybridized carbons (Fsp3) is 0.750. The Morgan fingerprint density at radius 2 is 2.50 bits per heavy atom. The summed E-state index contributed by atoms with van der Waals surface area (Å²) in [5.74, 6) is 0.836. The van der Waals surface area contributed by atoms with Gasteiger partial charge >= 0.3 is 0 Å². The number of hydrogen-bond acceptors (Lipinski definition) is 4. The molecule has 1 fully saturated rings. The third kappa shape index (κ3) is 1.35. The summed E-state index contributed by atoms with van der Waals surface area (Å²) in [6.07, 6.45) is -0.811. The van der Waals surface area contributed by atoms with Crippen LogP contribution in [-0.4, -0.2) is 28.7 Å². The lowest BCUT2D eigenvalue weighted by Gasteiger charge is -2.21. The lowest BCUT2D eigenvalue weighted by Crippen LogP contribution is -2.39. The number of aliphatic hydroxyl groups excluding tert-OH is 2. The summed E-state index contributed by atoms with van der Waals surface area (Å²) in [6, 6.07) is 0. The molecular formula is C4H8NO2S. The molecule has 47 valence electrons. The number of thioether (sulfide) groups is 1. The average molecular weight is 134 g/mol. The van der Waals surface area contributed by atoms with Gasteiger partial charge in [-0.1, -0.05) is 0 Å². The summed E-state index contributed by atoms with van der Waals surface area (Å²) < 4.78 is 0. The monoisotopic (exact) mass is 134 g/mol. The topological polar surface area (TPSA) is 52.5 Å². The van der Waals surface area contributed by atoms with Crippen LogP contribution in [0.2, 0.25) is 0 Å². The zero-order chi connectivity index (χ0) is 5.98. The minimum Gasteiger partial charge on any atom is -0.374 e. The Morgan fingerprint density at radius 3 is 2.88 bits per heavy atom. The van der Waals surface area contributed by atoms with Gasteiger partial charge in [0.2, 0.25) is 0 Å². The van der Waals surface area contributed by atoms with Gasteiger partial charge in [0.25, 0.3) is 0 Å². The molecule has 4 heteroatoms. The highest BCUT2D eigenvalue weighted by Gasteiger charge is 2.20. The van der Waals surface area contributed by atoms with Gasteiger partial charge in [0, 0.05) is 12.3 Å². The van der Waals surface area contributed by atoms with E-state index in [2.05, 4.69) is 5.32 Å². The molecule has 1 atom stereocenters. The molecule has 1 heterocycles. The molecule has 1 rings (SSSR count). The highest BCUT2D eigenvalue weighted by molar-refractivity contribution is 8.02. The molecule has 3 nitrogen and oxygen atoms in total. The zero-order valence-electron chi connectivity index (χ0n) is 4.29. The summed E-state index contributed by atoms with van der Waals surface area (Å²) in [7, 11) is 0. The van der Waals surface area contributed by atoms with E-state index in [9.17, 15) is 0 Å². The largest absolute Gasteiger partial charge is 0.374 e. The van der Waals surface area contributed by atoms with Gasteiger partial charge < -0.3 is 10.2 Å². The minimum absolute atomic E-state index is 0.0799. The molecule has 0 aromatic heterocycles. The molecule has 3 N–H and O–H groups in total. The van der Waals surface area contributed by atoms with Crippen LogP contribution < -0.4 is 5.32 Å². The first-order valence-electron chi connectivity index (χ1n) is 2.41. The van der Waals surface area contributed by atoms with Crippen molar-refractivity contribution in [1.82, 2.24) is 5.32 Å². The molecule has 0 amide bonds. The zero-order valence-corrected chi connectivity index (χ0v) is 5.11. The van der Waals surface area contributed by atoms with Crippen LogP contribution in [0, 0.1) is 5.44 Å². The molecule has 1 saturated heterocycles. The van der Waals surface area contributed by atoms with Crippen LogP contribution in [0.25, 0.3) is 0 Å². The Morgan fingerprint density at radius 1 is 1.75 bits per heavy atom. The molecule has 0 aromatic rings. The Hall–Kier alpha value is 0.230. The van der Waals surface area contributed by atoms with Crippen molar-refractivity contribution in [2.24, 2.45) is 0 Å². The highest BCUT2D eigenvalue weighted by atomic mass is 32.2. The van der Waals surface area contributed by atoms with Crippen molar-refractivity contribution in [3.05, 3.63) is 5.44 Å². The summed E-state index contributed by atoms with van der Waals surface area (Å²) in [5.41, 5.74) is 0.0799. The van der Waals surface area contributed by atoms with Gasteiger partial charge in [-0.3, -0.25) is 5.32 Å². The fourth-order valence-electron chi connectivity index (χ4n) is 0.517. The standard InChI is InChI=1S/C4H8NO2S/c6-3-4(7)8-2-1-5-3/h3,5-7H,1-2H2. The molecule has 1 aliphatic rings. The molecule has 8 heavy (non-hydrogen) atoms. The quantitative estimate of drug-likeness (QED) is 0.418. The molecular weight excluding hydrogens is 126 g/mol. The van der Waals surface area contributed by atoms with Crippen LogP contribution in [0.15, 0.2) is 0 Å². The Bertz CT molecular complexity index is 70.4. The van der Waals surface area contributed by atoms with Crippen molar-refractivity contribution in [1.29, 1.82) is 0 Å². The van der Waals surface area contributed by atoms with Gasteiger partial charge in [-0.25, -0.2) is 0 Å². The van der Waals surface area contributed by atoms with Gasteiger partial charge in [-0.05, 0) is 0 Å². The fourth-order valence-corrected chi connectivity index (χ4v) is 1.19. The van der Waals surface area contributed by atoms with Crippen LogP contribution >= 0.6 is 11.8 Å². The molecule has 1 radical (unpaired) electrons. The third-order valence-electron chi connectivity index (χ3n) is 0.924. The van der Waals surface area contributed by atoms with Crippen LogP contribution in [0.4, 0.5) is 0 Å². The van der Waals surface area contributed by atoms with E-state index >= 15 is 0 Å². The predicted octanol–water partition coefficient (Wildman–Crippen LogP) is -0.497. The predicted molar refractivity (Wildman–Crippen MR) is 31.6 cm³/mol. The van der Waals surface area contributed by atoms with E-state index in [-0.39, 0.29) is 5.44 Å². The average Bonchev–Trinajstić information content (AvgIpc) is 1.77. The van der Waals surface area contributed by atoms with Crippen molar-refractivity contribution in [2.75, 3.05) is 12.3 Å². The van der Waals surface area contributed by atoms with Crippen molar-refractivity contribution in [3.63, 3.8) is 0 Å². The number of aliphatic hydroxyl groups is 2. The molecule has 0 aliphatic carbocycles. The second-order valence-corrected chi connectivity index (χ2v) is 2.66. The Labute approximate surface area is 52.1 Å². The van der Waals surface area contributed by atoms with Gasteiger partial charge in [0.15, 0.2) is 5.44 Å². The van der Waals surface area contributed by atoms with Crippen LogP contribution in [0.5, 0.6) is 0 Å². The highest BCUT2D eigenvalue weighted by Crippen LogP contribution is 2.20. The number of hydrogen-bond donors (Lipinski definition) is 3. The summed E-state index contributed by atoms with van der Waals surface area (Å²) in [6.45, 7) is 0.760. The molecule has 0 saturated carbocycles. The first kappa shape index (κ1) is 6.35. The molecule has 0 bridgehead atoms. The van der Waals surface area contributed by atoms with E-state index in [1.54, 1.807) is 0 Å². The van der Waals surface area contributed by atoms with E-state index in [1.807, 2.05) is 0 Å². The maximum absolute atomic E-state index is 8.76. The smallest absolute Gasteiger partial charge is 0.192 e. The van der Waals surface area contributed by atoms with Crippen molar-refractivity contribution in [3.8, 4) is 0 Å². The van der Waals surface area contributed by atoms with E-state index < -0.39 is 6.23 Å². The SMILES string of the molecule is O[C]1SCCNC1O. The lowest BCUT2D eigenvalue weighted by molar-refractivity contribution is 0.101. The van der Waals surface area contributed by atoms with Crippen LogP contribution in [0.1, 0.15) is 0 Å². The number of nitrogens with one attached hydrogen (secondary N) is 1. The first-order valence-corrected chi connectivity index (χ1v) is 3.39. The van der Waals surface area contributed by atoms with Crippen molar-refractivity contribution < 1.29 is 10.2 Å². The van der Waals surface area contributed by atoms with E-state index in [0.717, 1.165) is 12.3 Å². The molecule has 0 spiro atoms. The normalized spacial score (nSPS) is 33.0. The molecule has 0 aromatic carbocycles. The first-order chi connectivity index (χ1) is 3.80. The second kappa shape index (κ2) is 2.68. The summed E-state index contributed by atoms with van der Waals surface area (Å²) in [4.78, 5) is 0.